The molecule has 2 aliphatic heterocycles. The molecule has 0 unspecified atom stereocenters. The molecule has 1 aromatic carbocycles. The molecule has 0 saturated carbocycles. The van der Waals surface area contributed by atoms with Crippen molar-refractivity contribution < 1.29 is 13.2 Å². The Bertz CT molecular complexity index is 755. The molecule has 0 radical (unpaired) electrons. The highest BCUT2D eigenvalue weighted by Gasteiger charge is 2.25. The first-order valence-corrected chi connectivity index (χ1v) is 13.5. The standard InChI is InChI=1S/C22H35BrN2O3S/c1-28-21-5-6-22(23)20(17-21)16-19-7-12-24(13-8-19)11-3-4-18-9-14-25(15-10-18)29(2,26)27/h5-6,17-19H,3-4,7-16H2,1-2H3. The van der Waals surface area contributed by atoms with Crippen molar-refractivity contribution in [2.75, 3.05) is 46.1 Å². The highest BCUT2D eigenvalue weighted by molar-refractivity contribution is 9.10. The molecule has 0 aliphatic carbocycles. The van der Waals surface area contributed by atoms with Gasteiger partial charge >= 0.3 is 0 Å². The van der Waals surface area contributed by atoms with E-state index >= 15 is 0 Å². The third-order valence-electron chi connectivity index (χ3n) is 6.60. The van der Waals surface area contributed by atoms with Crippen molar-refractivity contribution in [3.05, 3.63) is 28.2 Å². The zero-order valence-electron chi connectivity index (χ0n) is 17.8. The first-order valence-electron chi connectivity index (χ1n) is 10.8. The Balaban J connectivity index is 1.33. The monoisotopic (exact) mass is 486 g/mol. The van der Waals surface area contributed by atoms with E-state index in [0.717, 1.165) is 30.9 Å². The van der Waals surface area contributed by atoms with E-state index in [4.69, 9.17) is 4.74 Å². The van der Waals surface area contributed by atoms with Crippen molar-refractivity contribution in [3.8, 4) is 5.75 Å². The second kappa shape index (κ2) is 10.6. The summed E-state index contributed by atoms with van der Waals surface area (Å²) < 4.78 is 31.4. The summed E-state index contributed by atoms with van der Waals surface area (Å²) in [4.78, 5) is 2.61. The van der Waals surface area contributed by atoms with Gasteiger partial charge in [-0.2, -0.15) is 0 Å². The number of halogens is 1. The molecular weight excluding hydrogens is 452 g/mol. The highest BCUT2D eigenvalue weighted by atomic mass is 79.9. The van der Waals surface area contributed by atoms with Gasteiger partial charge < -0.3 is 9.64 Å². The third kappa shape index (κ3) is 6.94. The lowest BCUT2D eigenvalue weighted by molar-refractivity contribution is 0.173. The van der Waals surface area contributed by atoms with Crippen molar-refractivity contribution in [2.45, 2.75) is 44.9 Å². The van der Waals surface area contributed by atoms with Gasteiger partial charge in [0.2, 0.25) is 10.0 Å². The van der Waals surface area contributed by atoms with Crippen LogP contribution < -0.4 is 4.74 Å². The molecular formula is C22H35BrN2O3S. The molecule has 0 bridgehead atoms. The van der Waals surface area contributed by atoms with E-state index < -0.39 is 10.0 Å². The van der Waals surface area contributed by atoms with Crippen molar-refractivity contribution in [3.63, 3.8) is 0 Å². The van der Waals surface area contributed by atoms with E-state index in [2.05, 4.69) is 33.0 Å². The van der Waals surface area contributed by atoms with Crippen LogP contribution in [0.4, 0.5) is 0 Å². The number of methoxy groups -OCH3 is 1. The molecule has 3 rings (SSSR count). The van der Waals surface area contributed by atoms with Crippen LogP contribution in [0.15, 0.2) is 22.7 Å². The number of sulfonamides is 1. The Kier molecular flexibility index (Phi) is 8.42. The van der Waals surface area contributed by atoms with E-state index in [9.17, 15) is 8.42 Å². The number of rotatable bonds is 8. The van der Waals surface area contributed by atoms with Gasteiger partial charge in [-0.25, -0.2) is 12.7 Å². The summed E-state index contributed by atoms with van der Waals surface area (Å²) in [6, 6.07) is 6.25. The molecule has 0 spiro atoms. The Morgan fingerprint density at radius 1 is 1.07 bits per heavy atom. The second-order valence-corrected chi connectivity index (χ2v) is 11.5. The molecule has 0 atom stereocenters. The van der Waals surface area contributed by atoms with Gasteiger partial charge in [-0.1, -0.05) is 15.9 Å². The molecule has 0 N–H and O–H groups in total. The van der Waals surface area contributed by atoms with E-state index in [0.29, 0.717) is 19.0 Å². The SMILES string of the molecule is COc1ccc(Br)c(CC2CCN(CCCC3CCN(S(C)(=O)=O)CC3)CC2)c1. The van der Waals surface area contributed by atoms with Gasteiger partial charge in [0.05, 0.1) is 13.4 Å². The fourth-order valence-electron chi connectivity index (χ4n) is 4.69. The van der Waals surface area contributed by atoms with Crippen LogP contribution in [0, 0.1) is 11.8 Å². The minimum atomic E-state index is -3.01. The number of piperidine rings is 2. The van der Waals surface area contributed by atoms with Gasteiger partial charge in [-0.3, -0.25) is 0 Å². The average molecular weight is 488 g/mol. The maximum absolute atomic E-state index is 11.6. The van der Waals surface area contributed by atoms with Crippen molar-refractivity contribution in [2.24, 2.45) is 11.8 Å². The quantitative estimate of drug-likeness (QED) is 0.553. The number of nitrogens with zero attached hydrogens (tertiary/aromatic N) is 2. The molecule has 29 heavy (non-hydrogen) atoms. The maximum Gasteiger partial charge on any atom is 0.211 e. The van der Waals surface area contributed by atoms with E-state index in [1.54, 1.807) is 11.4 Å². The lowest BCUT2D eigenvalue weighted by Crippen LogP contribution is -2.38. The lowest BCUT2D eigenvalue weighted by Gasteiger charge is -2.33. The molecule has 5 nitrogen and oxygen atoms in total. The fourth-order valence-corrected chi connectivity index (χ4v) is 5.98. The number of hydrogen-bond donors (Lipinski definition) is 0. The minimum Gasteiger partial charge on any atom is -0.497 e. The summed E-state index contributed by atoms with van der Waals surface area (Å²) in [6.45, 7) is 4.98. The van der Waals surface area contributed by atoms with Crippen LogP contribution in [0.3, 0.4) is 0 Å². The van der Waals surface area contributed by atoms with E-state index in [1.807, 2.05) is 6.07 Å². The summed E-state index contributed by atoms with van der Waals surface area (Å²) in [5.74, 6) is 2.37. The zero-order valence-corrected chi connectivity index (χ0v) is 20.2. The topological polar surface area (TPSA) is 49.9 Å². The predicted octanol–water partition coefficient (Wildman–Crippen LogP) is 4.16. The largest absolute Gasteiger partial charge is 0.497 e. The summed E-state index contributed by atoms with van der Waals surface area (Å²) in [7, 11) is -1.28. The van der Waals surface area contributed by atoms with Crippen molar-refractivity contribution in [1.82, 2.24) is 9.21 Å². The summed E-state index contributed by atoms with van der Waals surface area (Å²) in [6.07, 6.45) is 9.46. The first-order chi connectivity index (χ1) is 13.8. The average Bonchev–Trinajstić information content (AvgIpc) is 2.71. The fraction of sp³-hybridized carbons (Fsp3) is 0.727. The van der Waals surface area contributed by atoms with Crippen LogP contribution >= 0.6 is 15.9 Å². The molecule has 0 aromatic heterocycles. The third-order valence-corrected chi connectivity index (χ3v) is 8.67. The Labute approximate surface area is 185 Å². The van der Waals surface area contributed by atoms with Gasteiger partial charge in [0, 0.05) is 17.6 Å². The Morgan fingerprint density at radius 2 is 1.72 bits per heavy atom. The molecule has 1 aromatic rings. The van der Waals surface area contributed by atoms with Crippen LogP contribution in [0.25, 0.3) is 0 Å². The van der Waals surface area contributed by atoms with Crippen molar-refractivity contribution in [1.29, 1.82) is 0 Å². The number of hydrogen-bond acceptors (Lipinski definition) is 4. The molecule has 164 valence electrons. The van der Waals surface area contributed by atoms with E-state index in [-0.39, 0.29) is 0 Å². The number of ether oxygens (including phenoxy) is 1. The molecule has 2 aliphatic rings. The van der Waals surface area contributed by atoms with Crippen LogP contribution in [0.1, 0.15) is 44.1 Å². The molecule has 7 heteroatoms. The Morgan fingerprint density at radius 3 is 2.34 bits per heavy atom. The molecule has 0 amide bonds. The zero-order chi connectivity index (χ0) is 20.9. The van der Waals surface area contributed by atoms with Crippen LogP contribution in [0.2, 0.25) is 0 Å². The summed E-state index contributed by atoms with van der Waals surface area (Å²) in [5.41, 5.74) is 1.35. The maximum atomic E-state index is 11.6. The highest BCUT2D eigenvalue weighted by Crippen LogP contribution is 2.29. The van der Waals surface area contributed by atoms with E-state index in [1.165, 1.54) is 61.6 Å². The second-order valence-electron chi connectivity index (χ2n) is 8.69. The smallest absolute Gasteiger partial charge is 0.211 e. The van der Waals surface area contributed by atoms with Crippen LogP contribution in [-0.2, 0) is 16.4 Å². The van der Waals surface area contributed by atoms with Gasteiger partial charge in [-0.15, -0.1) is 0 Å². The number of likely N-dealkylation sites (tertiary alicyclic amines) is 1. The van der Waals surface area contributed by atoms with Gasteiger partial charge in [-0.05, 0) is 100 Å². The Hall–Kier alpha value is -0.630. The van der Waals surface area contributed by atoms with Gasteiger partial charge in [0.25, 0.3) is 0 Å². The normalized spacial score (nSPS) is 20.8. The molecule has 2 saturated heterocycles. The predicted molar refractivity (Wildman–Crippen MR) is 122 cm³/mol. The summed E-state index contributed by atoms with van der Waals surface area (Å²) in [5, 5.41) is 0. The molecule has 2 heterocycles. The first kappa shape index (κ1) is 23.0. The van der Waals surface area contributed by atoms with Crippen LogP contribution in [0.5, 0.6) is 5.75 Å². The summed E-state index contributed by atoms with van der Waals surface area (Å²) >= 11 is 3.68. The molecule has 2 fully saturated rings. The van der Waals surface area contributed by atoms with Gasteiger partial charge in [0.1, 0.15) is 5.75 Å². The van der Waals surface area contributed by atoms with Gasteiger partial charge in [0.15, 0.2) is 0 Å². The van der Waals surface area contributed by atoms with Crippen molar-refractivity contribution >= 4 is 26.0 Å². The minimum absolute atomic E-state index is 0.691. The van der Waals surface area contributed by atoms with Crippen LogP contribution in [-0.4, -0.2) is 63.7 Å². The lowest BCUT2D eigenvalue weighted by atomic mass is 9.89. The number of benzene rings is 1.